The second-order valence-corrected chi connectivity index (χ2v) is 5.95. The Morgan fingerprint density at radius 2 is 2.00 bits per heavy atom. The first kappa shape index (κ1) is 15.7. The Hall–Kier alpha value is -1.64. The standard InChI is InChI=1S/C18H24O3/c1-3-15(18(20)21-2)16-10-9-14(12-17(16)19)11-13-7-5-4-6-8-13/h4-8,14-16H,3,9-12H2,1-2H3. The molecule has 0 aliphatic heterocycles. The molecule has 3 atom stereocenters. The van der Waals surface area contributed by atoms with E-state index in [4.69, 9.17) is 4.74 Å². The quantitative estimate of drug-likeness (QED) is 0.780. The summed E-state index contributed by atoms with van der Waals surface area (Å²) < 4.78 is 4.84. The number of ketones is 1. The molecular formula is C18H24O3. The minimum absolute atomic E-state index is 0.144. The number of Topliss-reactive ketones (excluding diaryl/α,β-unsaturated/α-hetero) is 1. The van der Waals surface area contributed by atoms with Gasteiger partial charge < -0.3 is 4.74 Å². The lowest BCUT2D eigenvalue weighted by Crippen LogP contribution is -2.35. The van der Waals surface area contributed by atoms with Crippen LogP contribution in [0.5, 0.6) is 0 Å². The van der Waals surface area contributed by atoms with Crippen LogP contribution in [0.15, 0.2) is 30.3 Å². The molecule has 0 spiro atoms. The summed E-state index contributed by atoms with van der Waals surface area (Å²) in [6.07, 6.45) is 4.04. The number of rotatable bonds is 5. The topological polar surface area (TPSA) is 43.4 Å². The lowest BCUT2D eigenvalue weighted by atomic mass is 9.72. The zero-order valence-corrected chi connectivity index (χ0v) is 12.9. The Kier molecular flexibility index (Phi) is 5.54. The first-order chi connectivity index (χ1) is 10.2. The summed E-state index contributed by atoms with van der Waals surface area (Å²) in [5.74, 6) is -0.00209. The second kappa shape index (κ2) is 7.39. The Morgan fingerprint density at radius 3 is 2.57 bits per heavy atom. The molecule has 1 saturated carbocycles. The number of benzene rings is 1. The number of carbonyl (C=O) groups excluding carboxylic acids is 2. The van der Waals surface area contributed by atoms with E-state index in [2.05, 4.69) is 12.1 Å². The maximum absolute atomic E-state index is 12.4. The van der Waals surface area contributed by atoms with Gasteiger partial charge in [0.1, 0.15) is 5.78 Å². The van der Waals surface area contributed by atoms with Crippen LogP contribution in [0, 0.1) is 17.8 Å². The van der Waals surface area contributed by atoms with Gasteiger partial charge in [-0.3, -0.25) is 9.59 Å². The summed E-state index contributed by atoms with van der Waals surface area (Å²) in [5, 5.41) is 0. The van der Waals surface area contributed by atoms with E-state index in [1.54, 1.807) is 0 Å². The summed E-state index contributed by atoms with van der Waals surface area (Å²) in [5.41, 5.74) is 1.29. The lowest BCUT2D eigenvalue weighted by molar-refractivity contribution is -0.151. The van der Waals surface area contributed by atoms with Gasteiger partial charge in [-0.25, -0.2) is 0 Å². The average molecular weight is 288 g/mol. The number of carbonyl (C=O) groups is 2. The summed E-state index contributed by atoms with van der Waals surface area (Å²) in [6, 6.07) is 10.3. The maximum atomic E-state index is 12.4. The molecule has 2 rings (SSSR count). The van der Waals surface area contributed by atoms with Crippen molar-refractivity contribution in [1.82, 2.24) is 0 Å². The Labute approximate surface area is 126 Å². The molecule has 1 fully saturated rings. The Morgan fingerprint density at radius 1 is 1.29 bits per heavy atom. The zero-order chi connectivity index (χ0) is 15.2. The van der Waals surface area contributed by atoms with Crippen LogP contribution in [0.25, 0.3) is 0 Å². The lowest BCUT2D eigenvalue weighted by Gasteiger charge is -2.31. The van der Waals surface area contributed by atoms with Crippen molar-refractivity contribution < 1.29 is 14.3 Å². The van der Waals surface area contributed by atoms with Crippen molar-refractivity contribution in [1.29, 1.82) is 0 Å². The predicted octanol–water partition coefficient (Wildman–Crippen LogP) is 3.41. The van der Waals surface area contributed by atoms with Gasteiger partial charge in [-0.05, 0) is 37.2 Å². The molecule has 3 heteroatoms. The van der Waals surface area contributed by atoms with E-state index in [1.807, 2.05) is 25.1 Å². The minimum Gasteiger partial charge on any atom is -0.469 e. The smallest absolute Gasteiger partial charge is 0.309 e. The first-order valence-electron chi connectivity index (χ1n) is 7.80. The molecule has 0 bridgehead atoms. The number of methoxy groups -OCH3 is 1. The van der Waals surface area contributed by atoms with Gasteiger partial charge in [0, 0.05) is 12.3 Å². The van der Waals surface area contributed by atoms with E-state index < -0.39 is 0 Å². The highest BCUT2D eigenvalue weighted by molar-refractivity contribution is 5.87. The summed E-state index contributed by atoms with van der Waals surface area (Å²) >= 11 is 0. The number of hydrogen-bond donors (Lipinski definition) is 0. The number of esters is 1. The van der Waals surface area contributed by atoms with Crippen molar-refractivity contribution in [3.8, 4) is 0 Å². The van der Waals surface area contributed by atoms with Crippen LogP contribution in [-0.2, 0) is 20.7 Å². The van der Waals surface area contributed by atoms with Crippen molar-refractivity contribution in [2.45, 2.75) is 39.0 Å². The molecule has 3 unspecified atom stereocenters. The van der Waals surface area contributed by atoms with Gasteiger partial charge in [0.25, 0.3) is 0 Å². The van der Waals surface area contributed by atoms with E-state index in [0.29, 0.717) is 18.8 Å². The van der Waals surface area contributed by atoms with E-state index >= 15 is 0 Å². The molecule has 0 N–H and O–H groups in total. The highest BCUT2D eigenvalue weighted by Crippen LogP contribution is 2.34. The highest BCUT2D eigenvalue weighted by atomic mass is 16.5. The van der Waals surface area contributed by atoms with E-state index in [9.17, 15) is 9.59 Å². The number of hydrogen-bond acceptors (Lipinski definition) is 3. The van der Waals surface area contributed by atoms with Crippen LogP contribution < -0.4 is 0 Å². The van der Waals surface area contributed by atoms with Crippen molar-refractivity contribution in [2.24, 2.45) is 17.8 Å². The van der Waals surface area contributed by atoms with E-state index in [1.165, 1.54) is 12.7 Å². The van der Waals surface area contributed by atoms with Crippen LogP contribution in [0.3, 0.4) is 0 Å². The fourth-order valence-electron chi connectivity index (χ4n) is 3.43. The molecule has 3 nitrogen and oxygen atoms in total. The fraction of sp³-hybridized carbons (Fsp3) is 0.556. The summed E-state index contributed by atoms with van der Waals surface area (Å²) in [6.45, 7) is 1.95. The normalized spacial score (nSPS) is 23.6. The summed E-state index contributed by atoms with van der Waals surface area (Å²) in [4.78, 5) is 24.2. The Balaban J connectivity index is 1.95. The van der Waals surface area contributed by atoms with Crippen molar-refractivity contribution in [2.75, 3.05) is 7.11 Å². The van der Waals surface area contributed by atoms with Crippen molar-refractivity contribution in [3.05, 3.63) is 35.9 Å². The molecule has 1 aliphatic rings. The molecule has 1 aromatic rings. The third kappa shape index (κ3) is 3.93. The molecule has 114 valence electrons. The van der Waals surface area contributed by atoms with Crippen LogP contribution in [0.1, 0.15) is 38.2 Å². The third-order valence-electron chi connectivity index (χ3n) is 4.59. The monoisotopic (exact) mass is 288 g/mol. The zero-order valence-electron chi connectivity index (χ0n) is 12.9. The molecule has 0 saturated heterocycles. The van der Waals surface area contributed by atoms with Crippen LogP contribution in [0.2, 0.25) is 0 Å². The molecular weight excluding hydrogens is 264 g/mol. The third-order valence-corrected chi connectivity index (χ3v) is 4.59. The Bertz CT molecular complexity index is 480. The van der Waals surface area contributed by atoms with Crippen molar-refractivity contribution in [3.63, 3.8) is 0 Å². The molecule has 1 aliphatic carbocycles. The molecule has 0 radical (unpaired) electrons. The summed E-state index contributed by atoms with van der Waals surface area (Å²) in [7, 11) is 1.40. The van der Waals surface area contributed by atoms with Gasteiger partial charge in [-0.2, -0.15) is 0 Å². The van der Waals surface area contributed by atoms with Crippen molar-refractivity contribution >= 4 is 11.8 Å². The van der Waals surface area contributed by atoms with Gasteiger partial charge in [0.2, 0.25) is 0 Å². The van der Waals surface area contributed by atoms with Gasteiger partial charge in [0.15, 0.2) is 0 Å². The molecule has 0 amide bonds. The van der Waals surface area contributed by atoms with Gasteiger partial charge in [0.05, 0.1) is 13.0 Å². The van der Waals surface area contributed by atoms with E-state index in [0.717, 1.165) is 19.3 Å². The van der Waals surface area contributed by atoms with Gasteiger partial charge >= 0.3 is 5.97 Å². The van der Waals surface area contributed by atoms with Crippen LogP contribution in [-0.4, -0.2) is 18.9 Å². The largest absolute Gasteiger partial charge is 0.469 e. The maximum Gasteiger partial charge on any atom is 0.309 e. The minimum atomic E-state index is -0.264. The van der Waals surface area contributed by atoms with Crippen LogP contribution in [0.4, 0.5) is 0 Å². The SMILES string of the molecule is CCC(C(=O)OC)C1CCC(Cc2ccccc2)CC1=O. The number of ether oxygens (including phenoxy) is 1. The molecule has 21 heavy (non-hydrogen) atoms. The van der Waals surface area contributed by atoms with Gasteiger partial charge in [-0.1, -0.05) is 37.3 Å². The predicted molar refractivity (Wildman–Crippen MR) is 81.8 cm³/mol. The average Bonchev–Trinajstić information content (AvgIpc) is 2.50. The molecule has 1 aromatic carbocycles. The van der Waals surface area contributed by atoms with Crippen LogP contribution >= 0.6 is 0 Å². The highest BCUT2D eigenvalue weighted by Gasteiger charge is 2.37. The fourth-order valence-corrected chi connectivity index (χ4v) is 3.43. The van der Waals surface area contributed by atoms with E-state index in [-0.39, 0.29) is 23.6 Å². The first-order valence-corrected chi connectivity index (χ1v) is 7.80. The molecule has 0 heterocycles. The second-order valence-electron chi connectivity index (χ2n) is 5.95. The molecule has 0 aromatic heterocycles. The van der Waals surface area contributed by atoms with Gasteiger partial charge in [-0.15, -0.1) is 0 Å².